The smallest absolute Gasteiger partial charge is 0.317 e. The zero-order chi connectivity index (χ0) is 25.8. The molecule has 1 aromatic carbocycles. The molecule has 0 radical (unpaired) electrons. The molecule has 36 heavy (non-hydrogen) atoms. The molecular formula is C27H38N6O3. The minimum atomic E-state index is -0.142. The molecule has 4 amide bonds. The maximum Gasteiger partial charge on any atom is 0.317 e. The van der Waals surface area contributed by atoms with E-state index in [-0.39, 0.29) is 36.3 Å². The quantitative estimate of drug-likeness (QED) is 0.606. The van der Waals surface area contributed by atoms with Crippen molar-refractivity contribution in [3.8, 4) is 6.07 Å². The van der Waals surface area contributed by atoms with Crippen LogP contribution in [0.2, 0.25) is 0 Å². The van der Waals surface area contributed by atoms with Crippen LogP contribution in [0.15, 0.2) is 12.1 Å². The number of likely N-dealkylation sites (tertiary alicyclic amines) is 1. The average molecular weight is 495 g/mol. The standard InChI is InChI=1S/C27H38N6O3/c1-18-16-31(9-10-32(18)27(36)29-15-21-6-7-21)17-23-11-22(14-28)12-25(19(23)2)30-26(35)13-24-5-4-8-33(24)20(3)34/h11-12,18,21,24H,4-10,13,15-17H2,1-3H3,(H,29,36)(H,30,35)/t18-,24?/m0/s1. The first-order valence-corrected chi connectivity index (χ1v) is 13.1. The molecule has 194 valence electrons. The number of urea groups is 1. The summed E-state index contributed by atoms with van der Waals surface area (Å²) in [7, 11) is 0. The van der Waals surface area contributed by atoms with E-state index in [2.05, 4.69) is 28.5 Å². The molecule has 3 aliphatic rings. The Kier molecular flexibility index (Phi) is 8.14. The highest BCUT2D eigenvalue weighted by atomic mass is 16.2. The third-order valence-electron chi connectivity index (χ3n) is 7.73. The number of hydrogen-bond donors (Lipinski definition) is 2. The molecule has 2 heterocycles. The van der Waals surface area contributed by atoms with Gasteiger partial charge in [0.05, 0.1) is 11.6 Å². The van der Waals surface area contributed by atoms with Gasteiger partial charge < -0.3 is 20.4 Å². The van der Waals surface area contributed by atoms with Crippen molar-refractivity contribution in [1.29, 1.82) is 5.26 Å². The number of carbonyl (C=O) groups excluding carboxylic acids is 3. The number of nitrogens with zero attached hydrogens (tertiary/aromatic N) is 4. The maximum atomic E-state index is 12.8. The summed E-state index contributed by atoms with van der Waals surface area (Å²) in [6, 6.07) is 5.87. The SMILES string of the molecule is CC(=O)N1CCCC1CC(=O)Nc1cc(C#N)cc(CN2CCN(C(=O)NCC3CC3)[C@@H](C)C2)c1C. The van der Waals surface area contributed by atoms with E-state index in [4.69, 9.17) is 0 Å². The first kappa shape index (κ1) is 26.0. The molecule has 0 spiro atoms. The van der Waals surface area contributed by atoms with E-state index >= 15 is 0 Å². The van der Waals surface area contributed by atoms with Gasteiger partial charge in [0.2, 0.25) is 11.8 Å². The summed E-state index contributed by atoms with van der Waals surface area (Å²) in [6.45, 7) is 9.86. The lowest BCUT2D eigenvalue weighted by Crippen LogP contribution is -2.56. The molecule has 1 aromatic rings. The number of carbonyl (C=O) groups is 3. The van der Waals surface area contributed by atoms with Crippen LogP contribution in [0.3, 0.4) is 0 Å². The van der Waals surface area contributed by atoms with Crippen LogP contribution in [0.25, 0.3) is 0 Å². The fourth-order valence-electron chi connectivity index (χ4n) is 5.39. The highest BCUT2D eigenvalue weighted by Gasteiger charge is 2.30. The molecule has 2 N–H and O–H groups in total. The van der Waals surface area contributed by atoms with Crippen LogP contribution in [0.4, 0.5) is 10.5 Å². The minimum Gasteiger partial charge on any atom is -0.339 e. The van der Waals surface area contributed by atoms with E-state index in [0.29, 0.717) is 36.8 Å². The molecule has 9 nitrogen and oxygen atoms in total. The predicted octanol–water partition coefficient (Wildman–Crippen LogP) is 2.83. The lowest BCUT2D eigenvalue weighted by Gasteiger charge is -2.40. The predicted molar refractivity (Wildman–Crippen MR) is 137 cm³/mol. The third kappa shape index (κ3) is 6.35. The number of anilines is 1. The van der Waals surface area contributed by atoms with E-state index in [0.717, 1.165) is 43.6 Å². The average Bonchev–Trinajstić information content (AvgIpc) is 3.56. The van der Waals surface area contributed by atoms with E-state index in [1.165, 1.54) is 12.8 Å². The summed E-state index contributed by atoms with van der Waals surface area (Å²) in [5.41, 5.74) is 3.08. The van der Waals surface area contributed by atoms with Crippen LogP contribution in [0, 0.1) is 24.2 Å². The van der Waals surface area contributed by atoms with Gasteiger partial charge in [0.25, 0.3) is 0 Å². The van der Waals surface area contributed by atoms with Crippen molar-refractivity contribution in [3.63, 3.8) is 0 Å². The second-order valence-corrected chi connectivity index (χ2v) is 10.6. The Bertz CT molecular complexity index is 1050. The van der Waals surface area contributed by atoms with Gasteiger partial charge in [0.15, 0.2) is 0 Å². The van der Waals surface area contributed by atoms with Crippen LogP contribution in [0.5, 0.6) is 0 Å². The van der Waals surface area contributed by atoms with E-state index in [9.17, 15) is 19.6 Å². The van der Waals surface area contributed by atoms with Gasteiger partial charge >= 0.3 is 6.03 Å². The zero-order valence-electron chi connectivity index (χ0n) is 21.7. The Balaban J connectivity index is 1.37. The highest BCUT2D eigenvalue weighted by molar-refractivity contribution is 5.92. The first-order valence-electron chi connectivity index (χ1n) is 13.1. The van der Waals surface area contributed by atoms with Crippen molar-refractivity contribution >= 4 is 23.5 Å². The number of nitriles is 1. The number of amides is 4. The van der Waals surface area contributed by atoms with Gasteiger partial charge in [-0.05, 0) is 68.7 Å². The molecule has 2 aliphatic heterocycles. The number of rotatable bonds is 7. The van der Waals surface area contributed by atoms with Crippen LogP contribution >= 0.6 is 0 Å². The Morgan fingerprint density at radius 3 is 2.56 bits per heavy atom. The van der Waals surface area contributed by atoms with Crippen molar-refractivity contribution in [3.05, 3.63) is 28.8 Å². The fraction of sp³-hybridized carbons (Fsp3) is 0.630. The Labute approximate surface area is 213 Å². The lowest BCUT2D eigenvalue weighted by molar-refractivity contribution is -0.130. The van der Waals surface area contributed by atoms with Crippen molar-refractivity contribution in [2.75, 3.05) is 38.0 Å². The van der Waals surface area contributed by atoms with E-state index in [1.54, 1.807) is 17.9 Å². The number of piperazine rings is 1. The van der Waals surface area contributed by atoms with Gasteiger partial charge in [0, 0.05) is 70.4 Å². The van der Waals surface area contributed by atoms with Crippen LogP contribution in [-0.2, 0) is 16.1 Å². The molecule has 1 unspecified atom stereocenters. The molecule has 0 bridgehead atoms. The Hall–Kier alpha value is -3.12. The molecule has 1 saturated carbocycles. The third-order valence-corrected chi connectivity index (χ3v) is 7.73. The van der Waals surface area contributed by atoms with Crippen LogP contribution < -0.4 is 10.6 Å². The molecule has 9 heteroatoms. The monoisotopic (exact) mass is 494 g/mol. The summed E-state index contributed by atoms with van der Waals surface area (Å²) in [6.07, 6.45) is 4.43. The van der Waals surface area contributed by atoms with Crippen molar-refractivity contribution in [2.24, 2.45) is 5.92 Å². The van der Waals surface area contributed by atoms with Gasteiger partial charge in [-0.15, -0.1) is 0 Å². The molecule has 1 aliphatic carbocycles. The molecule has 2 atom stereocenters. The highest BCUT2D eigenvalue weighted by Crippen LogP contribution is 2.28. The van der Waals surface area contributed by atoms with E-state index in [1.807, 2.05) is 17.9 Å². The molecular weight excluding hydrogens is 456 g/mol. The van der Waals surface area contributed by atoms with Gasteiger partial charge in [-0.25, -0.2) is 4.79 Å². The van der Waals surface area contributed by atoms with Crippen molar-refractivity contribution in [1.82, 2.24) is 20.0 Å². The fourth-order valence-corrected chi connectivity index (χ4v) is 5.39. The number of nitrogens with one attached hydrogen (secondary N) is 2. The normalized spacial score (nSPS) is 22.3. The Morgan fingerprint density at radius 2 is 1.89 bits per heavy atom. The van der Waals surface area contributed by atoms with Crippen molar-refractivity contribution < 1.29 is 14.4 Å². The number of benzene rings is 1. The molecule has 4 rings (SSSR count). The van der Waals surface area contributed by atoms with E-state index < -0.39 is 0 Å². The van der Waals surface area contributed by atoms with Crippen LogP contribution in [0.1, 0.15) is 62.6 Å². The largest absolute Gasteiger partial charge is 0.339 e. The number of hydrogen-bond acceptors (Lipinski definition) is 5. The zero-order valence-corrected chi connectivity index (χ0v) is 21.7. The summed E-state index contributed by atoms with van der Waals surface area (Å²) >= 11 is 0. The first-order chi connectivity index (χ1) is 17.2. The summed E-state index contributed by atoms with van der Waals surface area (Å²) in [5.74, 6) is 0.517. The summed E-state index contributed by atoms with van der Waals surface area (Å²) in [5, 5.41) is 15.7. The second kappa shape index (κ2) is 11.3. The van der Waals surface area contributed by atoms with Gasteiger partial charge in [-0.1, -0.05) is 0 Å². The summed E-state index contributed by atoms with van der Waals surface area (Å²) in [4.78, 5) is 43.2. The molecule has 0 aromatic heterocycles. The van der Waals surface area contributed by atoms with Gasteiger partial charge in [0.1, 0.15) is 0 Å². The van der Waals surface area contributed by atoms with Gasteiger partial charge in [-0.2, -0.15) is 5.26 Å². The molecule has 3 fully saturated rings. The molecule has 2 saturated heterocycles. The second-order valence-electron chi connectivity index (χ2n) is 10.6. The maximum absolute atomic E-state index is 12.8. The summed E-state index contributed by atoms with van der Waals surface area (Å²) < 4.78 is 0. The topological polar surface area (TPSA) is 109 Å². The van der Waals surface area contributed by atoms with Crippen molar-refractivity contribution in [2.45, 2.75) is 71.5 Å². The van der Waals surface area contributed by atoms with Crippen LogP contribution in [-0.4, -0.2) is 77.4 Å². The lowest BCUT2D eigenvalue weighted by atomic mass is 10.0. The Morgan fingerprint density at radius 1 is 1.11 bits per heavy atom. The van der Waals surface area contributed by atoms with Gasteiger partial charge in [-0.3, -0.25) is 14.5 Å². The minimum absolute atomic E-state index is 0.00460.